The van der Waals surface area contributed by atoms with Gasteiger partial charge in [0.05, 0.1) is 6.04 Å². The van der Waals surface area contributed by atoms with E-state index in [-0.39, 0.29) is 6.04 Å². The summed E-state index contributed by atoms with van der Waals surface area (Å²) < 4.78 is 0. The SMILES string of the molecule is Cc1cccc(N(c2ccccc2)c2ccc(C3=CC(C)C(N(c4ccccc4)c4cccc(C)c4)C=C3)cc2)c1. The van der Waals surface area contributed by atoms with Gasteiger partial charge in [-0.1, -0.05) is 97.9 Å². The van der Waals surface area contributed by atoms with E-state index >= 15 is 0 Å². The number of rotatable bonds is 7. The lowest BCUT2D eigenvalue weighted by Gasteiger charge is -2.37. The number of hydrogen-bond acceptors (Lipinski definition) is 2. The van der Waals surface area contributed by atoms with Gasteiger partial charge in [-0.2, -0.15) is 0 Å². The minimum atomic E-state index is 0.220. The Bertz CT molecular complexity index is 1670. The molecule has 0 N–H and O–H groups in total. The van der Waals surface area contributed by atoms with Crippen LogP contribution in [0.4, 0.5) is 28.4 Å². The molecule has 1 aliphatic carbocycles. The molecule has 41 heavy (non-hydrogen) atoms. The van der Waals surface area contributed by atoms with Gasteiger partial charge >= 0.3 is 0 Å². The van der Waals surface area contributed by atoms with Crippen LogP contribution in [-0.2, 0) is 0 Å². The second-order valence-electron chi connectivity index (χ2n) is 10.9. The van der Waals surface area contributed by atoms with Crippen LogP contribution in [0, 0.1) is 19.8 Å². The molecular formula is C39H36N2. The van der Waals surface area contributed by atoms with Crippen molar-refractivity contribution in [3.63, 3.8) is 0 Å². The molecule has 0 bridgehead atoms. The molecule has 0 saturated heterocycles. The highest BCUT2D eigenvalue weighted by molar-refractivity contribution is 5.81. The Morgan fingerprint density at radius 3 is 1.66 bits per heavy atom. The van der Waals surface area contributed by atoms with Crippen molar-refractivity contribution in [2.24, 2.45) is 5.92 Å². The van der Waals surface area contributed by atoms with Crippen molar-refractivity contribution < 1.29 is 0 Å². The van der Waals surface area contributed by atoms with Crippen molar-refractivity contribution in [2.45, 2.75) is 26.8 Å². The van der Waals surface area contributed by atoms with Gasteiger partial charge in [0.1, 0.15) is 0 Å². The zero-order chi connectivity index (χ0) is 28.2. The molecule has 0 fully saturated rings. The van der Waals surface area contributed by atoms with Crippen LogP contribution in [0.25, 0.3) is 5.57 Å². The summed E-state index contributed by atoms with van der Waals surface area (Å²) in [5.74, 6) is 0.323. The van der Waals surface area contributed by atoms with Gasteiger partial charge in [-0.25, -0.2) is 0 Å². The fraction of sp³-hybridized carbons (Fsp3) is 0.128. The Hall–Kier alpha value is -4.82. The average Bonchev–Trinajstić information content (AvgIpc) is 3.00. The summed E-state index contributed by atoms with van der Waals surface area (Å²) in [7, 11) is 0. The third-order valence-corrected chi connectivity index (χ3v) is 7.80. The number of allylic oxidation sites excluding steroid dienone is 2. The van der Waals surface area contributed by atoms with Gasteiger partial charge in [0, 0.05) is 28.4 Å². The van der Waals surface area contributed by atoms with E-state index in [4.69, 9.17) is 0 Å². The largest absolute Gasteiger partial charge is 0.334 e. The van der Waals surface area contributed by atoms with E-state index < -0.39 is 0 Å². The van der Waals surface area contributed by atoms with Gasteiger partial charge in [-0.3, -0.25) is 0 Å². The van der Waals surface area contributed by atoms with Crippen LogP contribution >= 0.6 is 0 Å². The predicted octanol–water partition coefficient (Wildman–Crippen LogP) is 10.6. The van der Waals surface area contributed by atoms with Crippen molar-refractivity contribution in [1.29, 1.82) is 0 Å². The highest BCUT2D eigenvalue weighted by Gasteiger charge is 2.26. The van der Waals surface area contributed by atoms with Gasteiger partial charge < -0.3 is 9.80 Å². The first kappa shape index (κ1) is 26.4. The third-order valence-electron chi connectivity index (χ3n) is 7.80. The minimum absolute atomic E-state index is 0.220. The van der Waals surface area contributed by atoms with Gasteiger partial charge in [0.25, 0.3) is 0 Å². The highest BCUT2D eigenvalue weighted by atomic mass is 15.2. The van der Waals surface area contributed by atoms with Gasteiger partial charge in [-0.05, 0) is 103 Å². The van der Waals surface area contributed by atoms with E-state index in [1.54, 1.807) is 0 Å². The summed E-state index contributed by atoms with van der Waals surface area (Å²) in [6, 6.07) is 48.0. The minimum Gasteiger partial charge on any atom is -0.334 e. The zero-order valence-corrected chi connectivity index (χ0v) is 24.0. The second kappa shape index (κ2) is 11.7. The molecule has 0 aromatic heterocycles. The van der Waals surface area contributed by atoms with Gasteiger partial charge in [0.15, 0.2) is 0 Å². The summed E-state index contributed by atoms with van der Waals surface area (Å²) >= 11 is 0. The molecule has 2 unspecified atom stereocenters. The maximum Gasteiger partial charge on any atom is 0.0585 e. The molecule has 2 heteroatoms. The van der Waals surface area contributed by atoms with Crippen molar-refractivity contribution in [2.75, 3.05) is 9.80 Å². The van der Waals surface area contributed by atoms with Crippen LogP contribution in [0.1, 0.15) is 23.6 Å². The third kappa shape index (κ3) is 5.73. The molecule has 2 atom stereocenters. The smallest absolute Gasteiger partial charge is 0.0585 e. The number of hydrogen-bond donors (Lipinski definition) is 0. The molecule has 1 aliphatic rings. The molecule has 5 aromatic rings. The van der Waals surface area contributed by atoms with E-state index in [1.807, 2.05) is 0 Å². The highest BCUT2D eigenvalue weighted by Crippen LogP contribution is 2.38. The molecule has 0 saturated carbocycles. The van der Waals surface area contributed by atoms with Gasteiger partial charge in [-0.15, -0.1) is 0 Å². The number of nitrogens with zero attached hydrogens (tertiary/aromatic N) is 2. The molecule has 0 aliphatic heterocycles. The lowest BCUT2D eigenvalue weighted by Crippen LogP contribution is -2.35. The van der Waals surface area contributed by atoms with E-state index in [0.29, 0.717) is 5.92 Å². The maximum atomic E-state index is 2.46. The Morgan fingerprint density at radius 1 is 0.512 bits per heavy atom. The number of benzene rings is 5. The molecule has 202 valence electrons. The quantitative estimate of drug-likeness (QED) is 0.206. The fourth-order valence-corrected chi connectivity index (χ4v) is 5.78. The zero-order valence-electron chi connectivity index (χ0n) is 24.0. The average molecular weight is 533 g/mol. The first-order valence-electron chi connectivity index (χ1n) is 14.4. The van der Waals surface area contributed by atoms with Crippen molar-refractivity contribution in [1.82, 2.24) is 0 Å². The molecule has 5 aromatic carbocycles. The first-order chi connectivity index (χ1) is 20.1. The van der Waals surface area contributed by atoms with Crippen molar-refractivity contribution >= 4 is 34.0 Å². The standard InChI is InChI=1S/C39H36N2/c1-29-12-10-18-37(26-29)40(34-14-6-4-7-15-34)36-23-20-32(21-24-36)33-22-25-39(31(3)28-33)41(35-16-8-5-9-17-35)38-19-11-13-30(2)27-38/h4-28,31,39H,1-3H3. The Labute approximate surface area is 244 Å². The summed E-state index contributed by atoms with van der Waals surface area (Å²) in [4.78, 5) is 4.78. The monoisotopic (exact) mass is 532 g/mol. The lowest BCUT2D eigenvalue weighted by molar-refractivity contribution is 0.611. The lowest BCUT2D eigenvalue weighted by atomic mass is 9.88. The molecular weight excluding hydrogens is 496 g/mol. The summed E-state index contributed by atoms with van der Waals surface area (Å²) in [5, 5.41) is 0. The Morgan fingerprint density at radius 2 is 1.05 bits per heavy atom. The summed E-state index contributed by atoms with van der Waals surface area (Å²) in [6.45, 7) is 6.62. The van der Waals surface area contributed by atoms with Crippen LogP contribution < -0.4 is 9.80 Å². The van der Waals surface area contributed by atoms with E-state index in [1.165, 1.54) is 33.6 Å². The Balaban J connectivity index is 1.30. The molecule has 0 spiro atoms. The second-order valence-corrected chi connectivity index (χ2v) is 10.9. The molecule has 2 nitrogen and oxygen atoms in total. The maximum absolute atomic E-state index is 2.46. The summed E-state index contributed by atoms with van der Waals surface area (Å²) in [6.07, 6.45) is 7.08. The number of anilines is 5. The van der Waals surface area contributed by atoms with Crippen molar-refractivity contribution in [3.05, 3.63) is 168 Å². The Kier molecular flexibility index (Phi) is 7.56. The number of para-hydroxylation sites is 2. The molecule has 6 rings (SSSR count). The van der Waals surface area contributed by atoms with E-state index in [2.05, 4.69) is 182 Å². The number of aryl methyl sites for hydroxylation is 2. The fourth-order valence-electron chi connectivity index (χ4n) is 5.78. The van der Waals surface area contributed by atoms with Gasteiger partial charge in [0.2, 0.25) is 0 Å². The summed E-state index contributed by atoms with van der Waals surface area (Å²) in [5.41, 5.74) is 10.9. The van der Waals surface area contributed by atoms with E-state index in [0.717, 1.165) is 17.1 Å². The normalized spacial score (nSPS) is 16.2. The van der Waals surface area contributed by atoms with Crippen LogP contribution in [0.3, 0.4) is 0 Å². The van der Waals surface area contributed by atoms with Crippen LogP contribution in [-0.4, -0.2) is 6.04 Å². The predicted molar refractivity (Wildman–Crippen MR) is 176 cm³/mol. The van der Waals surface area contributed by atoms with Crippen LogP contribution in [0.2, 0.25) is 0 Å². The molecule has 0 radical (unpaired) electrons. The van der Waals surface area contributed by atoms with Crippen LogP contribution in [0.5, 0.6) is 0 Å². The topological polar surface area (TPSA) is 6.48 Å². The van der Waals surface area contributed by atoms with E-state index in [9.17, 15) is 0 Å². The molecule has 0 heterocycles. The van der Waals surface area contributed by atoms with Crippen LogP contribution in [0.15, 0.2) is 152 Å². The van der Waals surface area contributed by atoms with Crippen molar-refractivity contribution in [3.8, 4) is 0 Å². The molecule has 0 amide bonds. The first-order valence-corrected chi connectivity index (χ1v) is 14.4.